The summed E-state index contributed by atoms with van der Waals surface area (Å²) in [7, 11) is 0. The van der Waals surface area contributed by atoms with Crippen LogP contribution in [0.3, 0.4) is 0 Å². The molecule has 1 heterocycles. The molecule has 6 atom stereocenters. The van der Waals surface area contributed by atoms with E-state index in [2.05, 4.69) is 56.5 Å². The monoisotopic (exact) mass is 339 g/mol. The number of carbonyl (C=O) groups is 1. The Hall–Kier alpha value is 0.170. The van der Waals surface area contributed by atoms with E-state index in [1.165, 1.54) is 30.8 Å². The van der Waals surface area contributed by atoms with Gasteiger partial charge in [-0.1, -0.05) is 20.8 Å². The average Bonchev–Trinajstić information content (AvgIpc) is 2.94. The number of hydrogen-bond acceptors (Lipinski definition) is 3. The average molecular weight is 340 g/mol. The highest BCUT2D eigenvalue weighted by atomic mass is 32.2. The molecule has 0 aromatic carbocycles. The number of amides is 1. The number of nitrogens with one attached hydrogen (secondary N) is 1. The summed E-state index contributed by atoms with van der Waals surface area (Å²) in [4.78, 5) is 11.3. The lowest BCUT2D eigenvalue weighted by Gasteiger charge is -2.60. The predicted molar refractivity (Wildman–Crippen MR) is 96.0 cm³/mol. The van der Waals surface area contributed by atoms with Crippen molar-refractivity contribution in [2.75, 3.05) is 11.5 Å². The fourth-order valence-electron chi connectivity index (χ4n) is 6.86. The third-order valence-electron chi connectivity index (χ3n) is 7.80. The van der Waals surface area contributed by atoms with Gasteiger partial charge in [-0.05, 0) is 61.2 Å². The van der Waals surface area contributed by atoms with Gasteiger partial charge in [0.05, 0.1) is 4.08 Å². The molecule has 3 saturated carbocycles. The molecule has 4 rings (SSSR count). The van der Waals surface area contributed by atoms with E-state index in [1.807, 2.05) is 0 Å². The Kier molecular flexibility index (Phi) is 3.45. The van der Waals surface area contributed by atoms with Crippen LogP contribution in [0.1, 0.15) is 47.0 Å². The molecule has 0 unspecified atom stereocenters. The molecule has 2 nitrogen and oxygen atoms in total. The standard InChI is InChI=1S/C18H29NOS2/c1-11(2)13-8-15-16(3)9-12(17(15,4)19-10-20)7-14(13)18(16)21-5-6-22-18/h10-15H,5-9H2,1-4H3,(H,19,20)/t12-,13-,14-,15+,16+,17+/m0/s1. The first-order chi connectivity index (χ1) is 10.4. The van der Waals surface area contributed by atoms with Gasteiger partial charge in [-0.25, -0.2) is 0 Å². The molecule has 3 aliphatic carbocycles. The van der Waals surface area contributed by atoms with E-state index >= 15 is 0 Å². The van der Waals surface area contributed by atoms with Crippen LogP contribution < -0.4 is 5.32 Å². The maximum Gasteiger partial charge on any atom is 0.207 e. The maximum atomic E-state index is 11.3. The van der Waals surface area contributed by atoms with Crippen LogP contribution in [0.2, 0.25) is 0 Å². The normalized spacial score (nSPS) is 51.7. The van der Waals surface area contributed by atoms with Crippen molar-refractivity contribution in [3.8, 4) is 0 Å². The molecule has 0 radical (unpaired) electrons. The van der Waals surface area contributed by atoms with Crippen molar-refractivity contribution in [2.24, 2.45) is 35.0 Å². The molecule has 4 heteroatoms. The zero-order chi connectivity index (χ0) is 15.8. The van der Waals surface area contributed by atoms with E-state index in [1.54, 1.807) is 0 Å². The Balaban J connectivity index is 1.85. The van der Waals surface area contributed by atoms with Gasteiger partial charge in [0.2, 0.25) is 6.41 Å². The van der Waals surface area contributed by atoms with Crippen molar-refractivity contribution in [2.45, 2.75) is 56.6 Å². The third kappa shape index (κ3) is 1.64. The van der Waals surface area contributed by atoms with Crippen LogP contribution in [0.15, 0.2) is 0 Å². The number of fused-ring (bicyclic) bond motifs is 1. The van der Waals surface area contributed by atoms with Crippen LogP contribution in [-0.4, -0.2) is 27.5 Å². The highest BCUT2D eigenvalue weighted by molar-refractivity contribution is 8.21. The van der Waals surface area contributed by atoms with E-state index in [-0.39, 0.29) is 5.54 Å². The van der Waals surface area contributed by atoms with E-state index < -0.39 is 0 Å². The number of rotatable bonds is 3. The molecule has 0 aromatic heterocycles. The first-order valence-electron chi connectivity index (χ1n) is 8.88. The summed E-state index contributed by atoms with van der Waals surface area (Å²) < 4.78 is 0.420. The SMILES string of the molecule is CC(C)[C@@H]1C[C@H]2[C@](C)(NC=O)[C@H]3C[C@@H]1C1(SCCS1)[C@]2(C)C3. The largest absolute Gasteiger partial charge is 0.353 e. The summed E-state index contributed by atoms with van der Waals surface area (Å²) in [5.74, 6) is 6.36. The topological polar surface area (TPSA) is 29.1 Å². The van der Waals surface area contributed by atoms with Crippen molar-refractivity contribution in [1.29, 1.82) is 0 Å². The summed E-state index contributed by atoms with van der Waals surface area (Å²) in [6.45, 7) is 9.76. The zero-order valence-corrected chi connectivity index (χ0v) is 15.9. The molecule has 0 aromatic rings. The number of carbonyl (C=O) groups excluding carboxylic acids is 1. The van der Waals surface area contributed by atoms with Crippen LogP contribution in [0.25, 0.3) is 0 Å². The van der Waals surface area contributed by atoms with Crippen LogP contribution in [-0.2, 0) is 4.79 Å². The molecule has 1 saturated heterocycles. The Morgan fingerprint density at radius 1 is 1.18 bits per heavy atom. The Bertz CT molecular complexity index is 489. The van der Waals surface area contributed by atoms with Crippen LogP contribution in [0.5, 0.6) is 0 Å². The lowest BCUT2D eigenvalue weighted by molar-refractivity contribution is -0.112. The second-order valence-electron chi connectivity index (χ2n) is 8.77. The van der Waals surface area contributed by atoms with Gasteiger partial charge >= 0.3 is 0 Å². The molecule has 1 N–H and O–H groups in total. The van der Waals surface area contributed by atoms with E-state index in [4.69, 9.17) is 0 Å². The van der Waals surface area contributed by atoms with Crippen LogP contribution >= 0.6 is 23.5 Å². The van der Waals surface area contributed by atoms with E-state index in [0.717, 1.165) is 24.2 Å². The number of hydrogen-bond donors (Lipinski definition) is 1. The maximum absolute atomic E-state index is 11.3. The zero-order valence-electron chi connectivity index (χ0n) is 14.2. The first kappa shape index (κ1) is 15.7. The second-order valence-corrected chi connectivity index (χ2v) is 11.7. The quantitative estimate of drug-likeness (QED) is 0.788. The minimum absolute atomic E-state index is 0.0194. The fraction of sp³-hybridized carbons (Fsp3) is 0.944. The third-order valence-corrected chi connectivity index (χ3v) is 12.0. The van der Waals surface area contributed by atoms with Gasteiger partial charge in [-0.3, -0.25) is 4.79 Å². The highest BCUT2D eigenvalue weighted by Crippen LogP contribution is 2.78. The molecule has 4 fully saturated rings. The molecule has 124 valence electrons. The van der Waals surface area contributed by atoms with Crippen molar-refractivity contribution in [3.63, 3.8) is 0 Å². The summed E-state index contributed by atoms with van der Waals surface area (Å²) in [5.41, 5.74) is 0.411. The molecule has 3 bridgehead atoms. The second kappa shape index (κ2) is 4.84. The smallest absolute Gasteiger partial charge is 0.207 e. The predicted octanol–water partition coefficient (Wildman–Crippen LogP) is 4.01. The van der Waals surface area contributed by atoms with Crippen molar-refractivity contribution >= 4 is 29.9 Å². The van der Waals surface area contributed by atoms with Gasteiger partial charge in [0.15, 0.2) is 0 Å². The summed E-state index contributed by atoms with van der Waals surface area (Å²) in [6.07, 6.45) is 4.93. The van der Waals surface area contributed by atoms with Gasteiger partial charge in [0, 0.05) is 17.0 Å². The molecule has 1 amide bonds. The van der Waals surface area contributed by atoms with E-state index in [0.29, 0.717) is 21.3 Å². The van der Waals surface area contributed by atoms with E-state index in [9.17, 15) is 4.79 Å². The number of thioether (sulfide) groups is 2. The minimum atomic E-state index is 0.0194. The summed E-state index contributed by atoms with van der Waals surface area (Å²) >= 11 is 4.55. The van der Waals surface area contributed by atoms with Gasteiger partial charge in [-0.15, -0.1) is 23.5 Å². The highest BCUT2D eigenvalue weighted by Gasteiger charge is 2.75. The first-order valence-corrected chi connectivity index (χ1v) is 10.9. The van der Waals surface area contributed by atoms with Crippen molar-refractivity contribution in [1.82, 2.24) is 5.32 Å². The lowest BCUT2D eigenvalue weighted by Crippen LogP contribution is -2.59. The van der Waals surface area contributed by atoms with Gasteiger partial charge < -0.3 is 5.32 Å². The Morgan fingerprint density at radius 3 is 2.45 bits per heavy atom. The lowest BCUT2D eigenvalue weighted by atomic mass is 9.55. The summed E-state index contributed by atoms with van der Waals surface area (Å²) in [6, 6.07) is 0. The molecule has 1 spiro atoms. The minimum Gasteiger partial charge on any atom is -0.353 e. The summed E-state index contributed by atoms with van der Waals surface area (Å²) in [5, 5.41) is 3.31. The van der Waals surface area contributed by atoms with Gasteiger partial charge in [0.25, 0.3) is 0 Å². The molecular formula is C18H29NOS2. The van der Waals surface area contributed by atoms with Crippen molar-refractivity contribution < 1.29 is 4.79 Å². The fourth-order valence-corrected chi connectivity index (χ4v) is 11.1. The van der Waals surface area contributed by atoms with Gasteiger partial charge in [-0.2, -0.15) is 0 Å². The molecule has 1 aliphatic heterocycles. The molecule has 22 heavy (non-hydrogen) atoms. The Morgan fingerprint density at radius 2 is 1.86 bits per heavy atom. The van der Waals surface area contributed by atoms with Gasteiger partial charge in [0.1, 0.15) is 0 Å². The van der Waals surface area contributed by atoms with Crippen LogP contribution in [0.4, 0.5) is 0 Å². The Labute approximate surface area is 143 Å². The molecule has 4 aliphatic rings. The van der Waals surface area contributed by atoms with Crippen LogP contribution in [0, 0.1) is 35.0 Å². The van der Waals surface area contributed by atoms with Crippen molar-refractivity contribution in [3.05, 3.63) is 0 Å². The molecular weight excluding hydrogens is 310 g/mol.